The molecule has 0 unspecified atom stereocenters. The molecule has 1 amide bonds. The molecular weight excluding hydrogens is 296 g/mol. The average Bonchev–Trinajstić information content (AvgIpc) is 3.10. The van der Waals surface area contributed by atoms with Crippen LogP contribution in [0.1, 0.15) is 25.7 Å². The van der Waals surface area contributed by atoms with Crippen LogP contribution in [0.25, 0.3) is 0 Å². The molecule has 1 aliphatic rings. The van der Waals surface area contributed by atoms with E-state index in [1.807, 2.05) is 0 Å². The van der Waals surface area contributed by atoms with Gasteiger partial charge in [-0.15, -0.1) is 0 Å². The first-order valence-electron chi connectivity index (χ1n) is 6.09. The minimum absolute atomic E-state index is 0.135. The molecule has 1 saturated carbocycles. The fourth-order valence-electron chi connectivity index (χ4n) is 1.59. The Morgan fingerprint density at radius 2 is 2.33 bits per heavy atom. The number of nitrogens with two attached hydrogens (primary N) is 1. The Kier molecular flexibility index (Phi) is 4.41. The van der Waals surface area contributed by atoms with Crippen molar-refractivity contribution in [3.63, 3.8) is 0 Å². The molecule has 1 aromatic rings. The van der Waals surface area contributed by atoms with Crippen LogP contribution in [0.3, 0.4) is 0 Å². The SMILES string of the molecule is Nc1cc(Br)cnc1NCCCC(=O)NC1CC1. The van der Waals surface area contributed by atoms with Crippen molar-refractivity contribution in [1.29, 1.82) is 0 Å². The maximum atomic E-state index is 11.4. The van der Waals surface area contributed by atoms with E-state index in [2.05, 4.69) is 31.5 Å². The summed E-state index contributed by atoms with van der Waals surface area (Å²) in [5.41, 5.74) is 6.41. The van der Waals surface area contributed by atoms with Crippen molar-refractivity contribution < 1.29 is 4.79 Å². The summed E-state index contributed by atoms with van der Waals surface area (Å²) < 4.78 is 0.856. The summed E-state index contributed by atoms with van der Waals surface area (Å²) in [6.45, 7) is 0.691. The zero-order valence-electron chi connectivity index (χ0n) is 10.1. The van der Waals surface area contributed by atoms with E-state index in [4.69, 9.17) is 5.73 Å². The van der Waals surface area contributed by atoms with Crippen molar-refractivity contribution in [3.8, 4) is 0 Å². The molecule has 1 fully saturated rings. The molecule has 0 radical (unpaired) electrons. The molecule has 0 aliphatic heterocycles. The van der Waals surface area contributed by atoms with Crippen molar-refractivity contribution in [1.82, 2.24) is 10.3 Å². The predicted octanol–water partition coefficient (Wildman–Crippen LogP) is 1.90. The molecule has 0 bridgehead atoms. The van der Waals surface area contributed by atoms with Gasteiger partial charge in [-0.25, -0.2) is 4.98 Å². The van der Waals surface area contributed by atoms with Crippen molar-refractivity contribution in [2.75, 3.05) is 17.6 Å². The number of pyridine rings is 1. The Morgan fingerprint density at radius 3 is 3.00 bits per heavy atom. The smallest absolute Gasteiger partial charge is 0.220 e. The molecule has 0 aromatic carbocycles. The van der Waals surface area contributed by atoms with Gasteiger partial charge in [0, 0.05) is 29.7 Å². The molecule has 98 valence electrons. The van der Waals surface area contributed by atoms with E-state index in [1.165, 1.54) is 0 Å². The van der Waals surface area contributed by atoms with Gasteiger partial charge in [0.25, 0.3) is 0 Å². The first-order valence-corrected chi connectivity index (χ1v) is 6.88. The second-order valence-corrected chi connectivity index (χ2v) is 5.38. The van der Waals surface area contributed by atoms with Gasteiger partial charge in [-0.3, -0.25) is 4.79 Å². The van der Waals surface area contributed by atoms with Crippen LogP contribution in [-0.2, 0) is 4.79 Å². The van der Waals surface area contributed by atoms with Gasteiger partial charge in [-0.05, 0) is 41.3 Å². The van der Waals surface area contributed by atoms with Crippen LogP contribution >= 0.6 is 15.9 Å². The zero-order chi connectivity index (χ0) is 13.0. The number of nitrogens with one attached hydrogen (secondary N) is 2. The van der Waals surface area contributed by atoms with E-state index in [0.29, 0.717) is 30.5 Å². The van der Waals surface area contributed by atoms with Crippen LogP contribution in [0.5, 0.6) is 0 Å². The highest BCUT2D eigenvalue weighted by molar-refractivity contribution is 9.10. The second-order valence-electron chi connectivity index (χ2n) is 4.46. The molecule has 1 aliphatic carbocycles. The number of hydrogen-bond acceptors (Lipinski definition) is 4. The van der Waals surface area contributed by atoms with Crippen molar-refractivity contribution in [3.05, 3.63) is 16.7 Å². The summed E-state index contributed by atoms with van der Waals surface area (Å²) in [6, 6.07) is 2.24. The van der Waals surface area contributed by atoms with Gasteiger partial charge < -0.3 is 16.4 Å². The topological polar surface area (TPSA) is 80.0 Å². The molecule has 2 rings (SSSR count). The van der Waals surface area contributed by atoms with Crippen LogP contribution in [0, 0.1) is 0 Å². The summed E-state index contributed by atoms with van der Waals surface area (Å²) >= 11 is 3.30. The Labute approximate surface area is 115 Å². The third-order valence-corrected chi connectivity index (χ3v) is 3.13. The summed E-state index contributed by atoms with van der Waals surface area (Å²) in [5, 5.41) is 6.09. The van der Waals surface area contributed by atoms with Crippen LogP contribution < -0.4 is 16.4 Å². The molecule has 0 saturated heterocycles. The van der Waals surface area contributed by atoms with Crippen molar-refractivity contribution >= 4 is 33.3 Å². The largest absolute Gasteiger partial charge is 0.396 e. The van der Waals surface area contributed by atoms with Crippen LogP contribution in [-0.4, -0.2) is 23.5 Å². The molecule has 0 spiro atoms. The maximum absolute atomic E-state index is 11.4. The van der Waals surface area contributed by atoms with E-state index in [9.17, 15) is 4.79 Å². The van der Waals surface area contributed by atoms with Gasteiger partial charge in [-0.1, -0.05) is 0 Å². The van der Waals surface area contributed by atoms with Crippen LogP contribution in [0.4, 0.5) is 11.5 Å². The van der Waals surface area contributed by atoms with E-state index in [0.717, 1.165) is 23.7 Å². The number of amides is 1. The Balaban J connectivity index is 1.66. The first kappa shape index (κ1) is 13.1. The Hall–Kier alpha value is -1.30. The van der Waals surface area contributed by atoms with E-state index < -0.39 is 0 Å². The van der Waals surface area contributed by atoms with Crippen LogP contribution in [0.2, 0.25) is 0 Å². The predicted molar refractivity (Wildman–Crippen MR) is 75.2 cm³/mol. The highest BCUT2D eigenvalue weighted by Crippen LogP contribution is 2.20. The minimum Gasteiger partial charge on any atom is -0.396 e. The third-order valence-electron chi connectivity index (χ3n) is 2.70. The molecule has 0 atom stereocenters. The van der Waals surface area contributed by atoms with E-state index in [-0.39, 0.29) is 5.91 Å². The van der Waals surface area contributed by atoms with Gasteiger partial charge in [0.05, 0.1) is 5.69 Å². The molecule has 6 heteroatoms. The maximum Gasteiger partial charge on any atom is 0.220 e. The lowest BCUT2D eigenvalue weighted by Crippen LogP contribution is -2.25. The molecule has 4 N–H and O–H groups in total. The zero-order valence-corrected chi connectivity index (χ0v) is 11.7. The number of halogens is 1. The normalized spacial score (nSPS) is 14.3. The highest BCUT2D eigenvalue weighted by Gasteiger charge is 2.22. The second kappa shape index (κ2) is 6.04. The molecular formula is C12H17BrN4O. The Bertz CT molecular complexity index is 434. The lowest BCUT2D eigenvalue weighted by Gasteiger charge is -2.08. The van der Waals surface area contributed by atoms with Gasteiger partial charge in [0.1, 0.15) is 5.82 Å². The van der Waals surface area contributed by atoms with Gasteiger partial charge in [-0.2, -0.15) is 0 Å². The third kappa shape index (κ3) is 4.18. The lowest BCUT2D eigenvalue weighted by atomic mass is 10.3. The summed E-state index contributed by atoms with van der Waals surface area (Å²) in [6.07, 6.45) is 5.26. The number of anilines is 2. The fourth-order valence-corrected chi connectivity index (χ4v) is 1.93. The van der Waals surface area contributed by atoms with E-state index in [1.54, 1.807) is 12.3 Å². The quantitative estimate of drug-likeness (QED) is 0.701. The van der Waals surface area contributed by atoms with Crippen molar-refractivity contribution in [2.24, 2.45) is 0 Å². The highest BCUT2D eigenvalue weighted by atomic mass is 79.9. The first-order chi connectivity index (χ1) is 8.65. The summed E-state index contributed by atoms with van der Waals surface area (Å²) in [5.74, 6) is 0.803. The van der Waals surface area contributed by atoms with Crippen LogP contribution in [0.15, 0.2) is 16.7 Å². The molecule has 18 heavy (non-hydrogen) atoms. The Morgan fingerprint density at radius 1 is 1.56 bits per heavy atom. The minimum atomic E-state index is 0.135. The molecule has 1 aromatic heterocycles. The van der Waals surface area contributed by atoms with Gasteiger partial charge >= 0.3 is 0 Å². The van der Waals surface area contributed by atoms with Crippen molar-refractivity contribution in [2.45, 2.75) is 31.7 Å². The standard InChI is InChI=1S/C12H17BrN4O/c13-8-6-10(14)12(16-7-8)15-5-1-2-11(18)17-9-3-4-9/h6-7,9H,1-5,14H2,(H,15,16)(H,17,18). The van der Waals surface area contributed by atoms with Gasteiger partial charge in [0.15, 0.2) is 0 Å². The molecule has 1 heterocycles. The monoisotopic (exact) mass is 312 g/mol. The number of nitrogen functional groups attached to an aromatic ring is 1. The number of rotatable bonds is 6. The summed E-state index contributed by atoms with van der Waals surface area (Å²) in [7, 11) is 0. The number of hydrogen-bond donors (Lipinski definition) is 3. The summed E-state index contributed by atoms with van der Waals surface area (Å²) in [4.78, 5) is 15.6. The lowest BCUT2D eigenvalue weighted by molar-refractivity contribution is -0.121. The van der Waals surface area contributed by atoms with E-state index >= 15 is 0 Å². The van der Waals surface area contributed by atoms with Gasteiger partial charge in [0.2, 0.25) is 5.91 Å². The average molecular weight is 313 g/mol. The number of carbonyl (C=O) groups is 1. The molecule has 5 nitrogen and oxygen atoms in total. The number of aromatic nitrogens is 1. The number of carbonyl (C=O) groups excluding carboxylic acids is 1. The number of nitrogens with zero attached hydrogens (tertiary/aromatic N) is 1. The fraction of sp³-hybridized carbons (Fsp3) is 0.500.